The van der Waals surface area contributed by atoms with Crippen LogP contribution in [0.3, 0.4) is 0 Å². The number of benzene rings is 1. The van der Waals surface area contributed by atoms with Crippen LogP contribution in [0.4, 0.5) is 11.5 Å². The normalized spacial score (nSPS) is 17.7. The maximum atomic E-state index is 4.68. The van der Waals surface area contributed by atoms with Crippen LogP contribution >= 0.6 is 0 Å². The fraction of sp³-hybridized carbons (Fsp3) is 0.273. The van der Waals surface area contributed by atoms with Crippen LogP contribution in [0.5, 0.6) is 0 Å². The lowest BCUT2D eigenvalue weighted by Crippen LogP contribution is -2.42. The van der Waals surface area contributed by atoms with E-state index in [0.29, 0.717) is 0 Å². The zero-order valence-electron chi connectivity index (χ0n) is 16.0. The molecule has 3 aromatic heterocycles. The first-order valence-corrected chi connectivity index (χ1v) is 10.0. The van der Waals surface area contributed by atoms with Gasteiger partial charge in [-0.3, -0.25) is 0 Å². The van der Waals surface area contributed by atoms with Crippen molar-refractivity contribution in [1.29, 1.82) is 0 Å². The van der Waals surface area contributed by atoms with Crippen LogP contribution in [0.15, 0.2) is 55.5 Å². The Morgan fingerprint density at radius 2 is 1.79 bits per heavy atom. The van der Waals surface area contributed by atoms with Crippen molar-refractivity contribution in [3.63, 3.8) is 0 Å². The van der Waals surface area contributed by atoms with Crippen LogP contribution in [0.2, 0.25) is 0 Å². The van der Waals surface area contributed by atoms with Crippen LogP contribution in [-0.4, -0.2) is 44.6 Å². The van der Waals surface area contributed by atoms with Gasteiger partial charge in [-0.2, -0.15) is 0 Å². The number of hydrogen-bond donors (Lipinski definition) is 2. The highest BCUT2D eigenvalue weighted by Crippen LogP contribution is 2.50. The number of nitrogens with zero attached hydrogens (tertiary/aromatic N) is 5. The van der Waals surface area contributed by atoms with Crippen molar-refractivity contribution in [3.8, 4) is 11.1 Å². The lowest BCUT2D eigenvalue weighted by Gasteiger charge is -2.35. The number of aromatic amines is 1. The second kappa shape index (κ2) is 6.35. The highest BCUT2D eigenvalue weighted by Gasteiger charge is 2.44. The largest absolute Gasteiger partial charge is 0.346 e. The molecule has 1 saturated heterocycles. The third-order valence-electron chi connectivity index (χ3n) is 6.36. The summed E-state index contributed by atoms with van der Waals surface area (Å²) in [5.74, 6) is 0.976. The highest BCUT2D eigenvalue weighted by molar-refractivity contribution is 5.91. The number of rotatable bonds is 2. The summed E-state index contributed by atoms with van der Waals surface area (Å²) in [7, 11) is 0. The van der Waals surface area contributed by atoms with Gasteiger partial charge in [0.05, 0.1) is 5.39 Å². The maximum absolute atomic E-state index is 4.68. The molecule has 2 aliphatic rings. The molecule has 0 atom stereocenters. The smallest absolute Gasteiger partial charge is 0.145 e. The molecule has 0 saturated carbocycles. The predicted octanol–water partition coefficient (Wildman–Crippen LogP) is 3.19. The van der Waals surface area contributed by atoms with Gasteiger partial charge in [0, 0.05) is 41.8 Å². The molecule has 6 rings (SSSR count). The summed E-state index contributed by atoms with van der Waals surface area (Å²) < 4.78 is 0. The number of piperidine rings is 1. The molecule has 2 N–H and O–H groups in total. The second-order valence-electron chi connectivity index (χ2n) is 7.91. The van der Waals surface area contributed by atoms with E-state index < -0.39 is 0 Å². The van der Waals surface area contributed by atoms with E-state index in [1.807, 2.05) is 18.6 Å². The molecule has 0 radical (unpaired) electrons. The maximum Gasteiger partial charge on any atom is 0.145 e. The summed E-state index contributed by atoms with van der Waals surface area (Å²) in [6.45, 7) is 3.01. The Hall–Kier alpha value is -3.32. The molecule has 4 aromatic rings. The predicted molar refractivity (Wildman–Crippen MR) is 112 cm³/mol. The van der Waals surface area contributed by atoms with E-state index in [1.54, 1.807) is 12.7 Å². The molecule has 1 fully saturated rings. The molecule has 5 heterocycles. The number of nitrogens with one attached hydrogen (secondary N) is 2. The average Bonchev–Trinajstić information content (AvgIpc) is 3.38. The van der Waals surface area contributed by atoms with Crippen LogP contribution in [0, 0.1) is 0 Å². The first-order valence-electron chi connectivity index (χ1n) is 10.0. The summed E-state index contributed by atoms with van der Waals surface area (Å²) >= 11 is 0. The molecule has 2 aliphatic heterocycles. The number of hydrogen-bond acceptors (Lipinski definition) is 6. The first kappa shape index (κ1) is 16.6. The topological polar surface area (TPSA) is 82.6 Å². The molecule has 1 spiro atoms. The van der Waals surface area contributed by atoms with Gasteiger partial charge >= 0.3 is 0 Å². The molecule has 0 bridgehead atoms. The van der Waals surface area contributed by atoms with Gasteiger partial charge in [-0.25, -0.2) is 19.9 Å². The molecule has 29 heavy (non-hydrogen) atoms. The summed E-state index contributed by atoms with van der Waals surface area (Å²) in [5, 5.41) is 4.58. The molecule has 144 valence electrons. The highest BCUT2D eigenvalue weighted by atomic mass is 15.2. The molecule has 1 aromatic carbocycles. The molecular formula is C22H21N7. The summed E-state index contributed by atoms with van der Waals surface area (Å²) in [5.41, 5.74) is 5.86. The summed E-state index contributed by atoms with van der Waals surface area (Å²) in [4.78, 5) is 23.0. The van der Waals surface area contributed by atoms with Gasteiger partial charge in [0.25, 0.3) is 0 Å². The average molecular weight is 383 g/mol. The molecular weight excluding hydrogens is 362 g/mol. The number of fused-ring (bicyclic) bond motifs is 3. The van der Waals surface area contributed by atoms with Gasteiger partial charge < -0.3 is 15.2 Å². The fourth-order valence-corrected chi connectivity index (χ4v) is 4.89. The molecule has 0 amide bonds. The number of aromatic nitrogens is 5. The minimum atomic E-state index is 0.125. The van der Waals surface area contributed by atoms with Crippen molar-refractivity contribution >= 4 is 22.5 Å². The monoisotopic (exact) mass is 383 g/mol. The van der Waals surface area contributed by atoms with Gasteiger partial charge in [0.1, 0.15) is 24.1 Å². The fourth-order valence-electron chi connectivity index (χ4n) is 4.89. The SMILES string of the molecule is c1ncc(-c2ccc3c(c2)C2(CCNCC2)CN3c2ncnc3[nH]ccc23)cn1. The van der Waals surface area contributed by atoms with Crippen molar-refractivity contribution in [2.24, 2.45) is 0 Å². The Morgan fingerprint density at radius 3 is 2.66 bits per heavy atom. The zero-order chi connectivity index (χ0) is 19.3. The summed E-state index contributed by atoms with van der Waals surface area (Å²) in [6.07, 6.45) is 11.1. The van der Waals surface area contributed by atoms with Gasteiger partial charge in [-0.1, -0.05) is 6.07 Å². The minimum Gasteiger partial charge on any atom is -0.346 e. The Bertz CT molecular complexity index is 1180. The zero-order valence-corrected chi connectivity index (χ0v) is 16.0. The lowest BCUT2D eigenvalue weighted by molar-refractivity contribution is 0.329. The Kier molecular flexibility index (Phi) is 3.64. The quantitative estimate of drug-likeness (QED) is 0.553. The Labute approximate surface area is 168 Å². The second-order valence-corrected chi connectivity index (χ2v) is 7.91. The summed E-state index contributed by atoms with van der Waals surface area (Å²) in [6, 6.07) is 8.80. The van der Waals surface area contributed by atoms with E-state index in [1.165, 1.54) is 16.8 Å². The standard InChI is InChI=1S/C22H21N7/c1-2-19-18(9-15(1)16-10-24-13-25-11-16)22(4-7-23-8-5-22)12-29(19)21-17-3-6-26-20(17)27-14-28-21/h1-3,6,9-11,13-14,23H,4-5,7-8,12H2,(H,26,27,28). The van der Waals surface area contributed by atoms with E-state index in [9.17, 15) is 0 Å². The van der Waals surface area contributed by atoms with Crippen molar-refractivity contribution in [2.75, 3.05) is 24.5 Å². The van der Waals surface area contributed by atoms with E-state index in [4.69, 9.17) is 0 Å². The van der Waals surface area contributed by atoms with Crippen molar-refractivity contribution < 1.29 is 0 Å². The first-order chi connectivity index (χ1) is 14.3. The van der Waals surface area contributed by atoms with E-state index in [0.717, 1.165) is 54.9 Å². The third kappa shape index (κ3) is 2.54. The van der Waals surface area contributed by atoms with E-state index in [-0.39, 0.29) is 5.41 Å². The Morgan fingerprint density at radius 1 is 0.931 bits per heavy atom. The van der Waals surface area contributed by atoms with Crippen LogP contribution in [-0.2, 0) is 5.41 Å². The number of H-pyrrole nitrogens is 1. The van der Waals surface area contributed by atoms with Gasteiger partial charge in [-0.15, -0.1) is 0 Å². The third-order valence-corrected chi connectivity index (χ3v) is 6.36. The molecule has 7 nitrogen and oxygen atoms in total. The van der Waals surface area contributed by atoms with Crippen molar-refractivity contribution in [2.45, 2.75) is 18.3 Å². The lowest BCUT2D eigenvalue weighted by atomic mass is 9.74. The van der Waals surface area contributed by atoms with Gasteiger partial charge in [0.15, 0.2) is 0 Å². The van der Waals surface area contributed by atoms with Crippen LogP contribution in [0.25, 0.3) is 22.2 Å². The minimum absolute atomic E-state index is 0.125. The molecule has 7 heteroatoms. The van der Waals surface area contributed by atoms with Gasteiger partial charge in [-0.05, 0) is 55.3 Å². The van der Waals surface area contributed by atoms with Crippen molar-refractivity contribution in [3.05, 3.63) is 61.1 Å². The van der Waals surface area contributed by atoms with E-state index >= 15 is 0 Å². The van der Waals surface area contributed by atoms with Crippen molar-refractivity contribution in [1.82, 2.24) is 30.2 Å². The molecule has 0 unspecified atom stereocenters. The van der Waals surface area contributed by atoms with E-state index in [2.05, 4.69) is 59.4 Å². The molecule has 0 aliphatic carbocycles. The van der Waals surface area contributed by atoms with Crippen LogP contribution < -0.4 is 10.2 Å². The van der Waals surface area contributed by atoms with Crippen LogP contribution in [0.1, 0.15) is 18.4 Å². The number of anilines is 2. The van der Waals surface area contributed by atoms with Gasteiger partial charge in [0.2, 0.25) is 0 Å². The Balaban J connectivity index is 1.53.